The van der Waals surface area contributed by atoms with E-state index in [1.807, 2.05) is 32.1 Å². The zero-order valence-electron chi connectivity index (χ0n) is 27.7. The second-order valence-corrected chi connectivity index (χ2v) is 15.5. The molecular formula is C36H47N3O7S+2. The lowest BCUT2D eigenvalue weighted by molar-refractivity contribution is -0.438. The highest BCUT2D eigenvalue weighted by Crippen LogP contribution is 2.56. The fourth-order valence-corrected chi connectivity index (χ4v) is 8.65. The number of carboxylic acids is 2. The highest BCUT2D eigenvalue weighted by Gasteiger charge is 2.60. The predicted octanol–water partition coefficient (Wildman–Crippen LogP) is 5.79. The van der Waals surface area contributed by atoms with Gasteiger partial charge in [0.2, 0.25) is 5.69 Å². The zero-order chi connectivity index (χ0) is 34.4. The third-order valence-corrected chi connectivity index (χ3v) is 11.3. The maximum Gasteiger partial charge on any atom is 0.363 e. The van der Waals surface area contributed by atoms with Crippen molar-refractivity contribution in [2.45, 2.75) is 101 Å². The van der Waals surface area contributed by atoms with Crippen molar-refractivity contribution in [2.75, 3.05) is 13.1 Å². The predicted molar refractivity (Wildman–Crippen MR) is 182 cm³/mol. The Morgan fingerprint density at radius 2 is 1.74 bits per heavy atom. The summed E-state index contributed by atoms with van der Waals surface area (Å²) in [5.41, 5.74) is 11.6. The summed E-state index contributed by atoms with van der Waals surface area (Å²) in [4.78, 5) is 23.7. The third kappa shape index (κ3) is 6.10. The summed E-state index contributed by atoms with van der Waals surface area (Å²) in [6.45, 7) is 10.0. The Bertz CT molecular complexity index is 1810. The SMILES string of the molecule is CC1(C)C(/C=C/C=C2\C(C)(C)c3cc(S(=O)(=O)O)ccc3[N+]23CCCCC3C(=O)O)=[N+](CCCCCC(=O)O)c2ccc(CN)cc21. The van der Waals surface area contributed by atoms with Gasteiger partial charge in [-0.15, -0.1) is 0 Å². The van der Waals surface area contributed by atoms with Gasteiger partial charge in [0.1, 0.15) is 17.9 Å². The normalized spacial score (nSPS) is 23.9. The van der Waals surface area contributed by atoms with Gasteiger partial charge in [-0.1, -0.05) is 12.1 Å². The highest BCUT2D eigenvalue weighted by atomic mass is 32.2. The summed E-state index contributed by atoms with van der Waals surface area (Å²) in [7, 11) is -4.46. The van der Waals surface area contributed by atoms with Crippen molar-refractivity contribution in [3.05, 3.63) is 77.0 Å². The van der Waals surface area contributed by atoms with Gasteiger partial charge in [0, 0.05) is 55.1 Å². The van der Waals surface area contributed by atoms with E-state index < -0.39 is 33.5 Å². The number of hydrogen-bond acceptors (Lipinski definition) is 5. The van der Waals surface area contributed by atoms with Crippen LogP contribution in [0, 0.1) is 0 Å². The number of quaternary nitrogens is 1. The summed E-state index contributed by atoms with van der Waals surface area (Å²) in [5.74, 6) is -1.69. The molecule has 1 fully saturated rings. The molecule has 1 spiro atoms. The van der Waals surface area contributed by atoms with E-state index in [1.165, 1.54) is 12.1 Å². The summed E-state index contributed by atoms with van der Waals surface area (Å²) in [6.07, 6.45) is 10.6. The van der Waals surface area contributed by atoms with Crippen molar-refractivity contribution in [3.63, 3.8) is 0 Å². The molecule has 0 aliphatic carbocycles. The summed E-state index contributed by atoms with van der Waals surface area (Å²) in [6, 6.07) is 10.1. The van der Waals surface area contributed by atoms with Crippen molar-refractivity contribution in [3.8, 4) is 0 Å². The van der Waals surface area contributed by atoms with Crippen LogP contribution >= 0.6 is 0 Å². The maximum atomic E-state index is 12.8. The van der Waals surface area contributed by atoms with E-state index in [4.69, 9.17) is 10.8 Å². The summed E-state index contributed by atoms with van der Waals surface area (Å²) in [5, 5.41) is 19.6. The Morgan fingerprint density at radius 1 is 1.00 bits per heavy atom. The van der Waals surface area contributed by atoms with Gasteiger partial charge < -0.3 is 15.9 Å². The number of aliphatic carboxylic acids is 2. The fraction of sp³-hybridized carbons (Fsp3) is 0.472. The molecule has 0 aromatic heterocycles. The van der Waals surface area contributed by atoms with Crippen LogP contribution in [0.5, 0.6) is 0 Å². The molecule has 0 saturated carbocycles. The van der Waals surface area contributed by atoms with Crippen LogP contribution in [0.3, 0.4) is 0 Å². The molecule has 2 unspecified atom stereocenters. The Balaban J connectivity index is 1.62. The van der Waals surface area contributed by atoms with Crippen molar-refractivity contribution < 1.29 is 37.3 Å². The van der Waals surface area contributed by atoms with E-state index in [-0.39, 0.29) is 21.2 Å². The van der Waals surface area contributed by atoms with Crippen LogP contribution in [0.15, 0.2) is 65.2 Å². The number of carboxylic acid groups (broad SMARTS) is 2. The van der Waals surface area contributed by atoms with E-state index >= 15 is 0 Å². The first-order valence-corrected chi connectivity index (χ1v) is 17.8. The first-order valence-electron chi connectivity index (χ1n) is 16.4. The molecule has 3 aliphatic heterocycles. The molecule has 47 heavy (non-hydrogen) atoms. The molecule has 0 radical (unpaired) electrons. The van der Waals surface area contributed by atoms with Gasteiger partial charge in [-0.2, -0.15) is 13.0 Å². The molecule has 3 heterocycles. The van der Waals surface area contributed by atoms with Crippen molar-refractivity contribution in [2.24, 2.45) is 5.73 Å². The monoisotopic (exact) mass is 665 g/mol. The minimum absolute atomic E-state index is 0.111. The van der Waals surface area contributed by atoms with Gasteiger partial charge in [-0.05, 0) is 83.2 Å². The summed E-state index contributed by atoms with van der Waals surface area (Å²) >= 11 is 0. The Labute approximate surface area is 277 Å². The molecule has 5 N–H and O–H groups in total. The Morgan fingerprint density at radius 3 is 2.40 bits per heavy atom. The van der Waals surface area contributed by atoms with Crippen LogP contribution in [-0.2, 0) is 37.1 Å². The largest absolute Gasteiger partial charge is 0.481 e. The second kappa shape index (κ2) is 12.8. The first-order chi connectivity index (χ1) is 22.1. The lowest BCUT2D eigenvalue weighted by Gasteiger charge is -2.44. The summed E-state index contributed by atoms with van der Waals surface area (Å²) < 4.78 is 36.6. The minimum Gasteiger partial charge on any atom is -0.481 e. The molecule has 0 bridgehead atoms. The van der Waals surface area contributed by atoms with Gasteiger partial charge in [0.15, 0.2) is 11.8 Å². The van der Waals surface area contributed by atoms with Crippen LogP contribution < -0.4 is 10.2 Å². The number of nitrogens with two attached hydrogens (primary N) is 1. The van der Waals surface area contributed by atoms with E-state index in [1.54, 1.807) is 6.07 Å². The van der Waals surface area contributed by atoms with E-state index in [0.29, 0.717) is 38.0 Å². The van der Waals surface area contributed by atoms with Gasteiger partial charge in [0.05, 0.1) is 22.3 Å². The van der Waals surface area contributed by atoms with Gasteiger partial charge in [-0.3, -0.25) is 9.35 Å². The number of carbonyl (C=O) groups is 2. The molecule has 0 amide bonds. The third-order valence-electron chi connectivity index (χ3n) is 10.5. The minimum atomic E-state index is -4.46. The Hall–Kier alpha value is -3.64. The first kappa shape index (κ1) is 34.7. The second-order valence-electron chi connectivity index (χ2n) is 14.1. The number of fused-ring (bicyclic) bond motifs is 3. The average molecular weight is 666 g/mol. The van der Waals surface area contributed by atoms with E-state index in [2.05, 4.69) is 36.6 Å². The lowest BCUT2D eigenvalue weighted by atomic mass is 9.80. The molecular weight excluding hydrogens is 618 g/mol. The van der Waals surface area contributed by atoms with E-state index in [0.717, 1.165) is 59.6 Å². The van der Waals surface area contributed by atoms with Crippen molar-refractivity contribution in [1.29, 1.82) is 0 Å². The average Bonchev–Trinajstić information content (AvgIpc) is 3.32. The van der Waals surface area contributed by atoms with Crippen molar-refractivity contribution in [1.82, 2.24) is 4.48 Å². The molecule has 252 valence electrons. The molecule has 2 aromatic rings. The zero-order valence-corrected chi connectivity index (χ0v) is 28.5. The molecule has 3 aliphatic rings. The molecule has 5 rings (SSSR count). The quantitative estimate of drug-likeness (QED) is 0.102. The lowest BCUT2D eigenvalue weighted by Crippen LogP contribution is -2.61. The number of piperidine rings is 1. The molecule has 10 nitrogen and oxygen atoms in total. The number of nitrogens with zero attached hydrogens (tertiary/aromatic N) is 2. The van der Waals surface area contributed by atoms with Crippen LogP contribution in [-0.4, -0.2) is 64.5 Å². The van der Waals surface area contributed by atoms with Gasteiger partial charge in [0.25, 0.3) is 10.1 Å². The molecule has 1 saturated heterocycles. The van der Waals surface area contributed by atoms with Gasteiger partial charge in [-0.25, -0.2) is 9.28 Å². The highest BCUT2D eigenvalue weighted by molar-refractivity contribution is 7.85. The fourth-order valence-electron chi connectivity index (χ4n) is 8.14. The maximum absolute atomic E-state index is 12.8. The van der Waals surface area contributed by atoms with Crippen LogP contribution in [0.1, 0.15) is 89.3 Å². The van der Waals surface area contributed by atoms with E-state index in [9.17, 15) is 27.7 Å². The number of rotatable bonds is 11. The van der Waals surface area contributed by atoms with Crippen LogP contribution in [0.25, 0.3) is 0 Å². The van der Waals surface area contributed by atoms with Crippen LogP contribution in [0.2, 0.25) is 0 Å². The topological polar surface area (TPSA) is 158 Å². The molecule has 11 heteroatoms. The van der Waals surface area contributed by atoms with Crippen molar-refractivity contribution >= 4 is 39.1 Å². The van der Waals surface area contributed by atoms with Gasteiger partial charge >= 0.3 is 11.9 Å². The molecule has 2 aromatic carbocycles. The number of unbranched alkanes of at least 4 members (excludes halogenated alkanes) is 2. The smallest absolute Gasteiger partial charge is 0.363 e. The molecule has 2 atom stereocenters. The van der Waals surface area contributed by atoms with Crippen LogP contribution in [0.4, 0.5) is 11.4 Å². The standard InChI is InChI=1S/C36H45N3O7S/c1-35(2)26-21-24(23-37)15-17-28(26)38(19-8-5-6-14-33(40)41)31(35)12-10-13-32-36(3,4)27-22-25(47(44,45)46)16-18-29(27)39(32)20-9-7-11-30(39)34(42)43/h10,12-13,15-18,21-22,30H,5-9,11,14,19-20,23,37H2,1-4H3,(H-2,40,41,42,43,44,45,46)/p+2/b12-10+,32-13+. The number of hydrogen-bond donors (Lipinski definition) is 4. The number of benzene rings is 2. The number of allylic oxidation sites excluding steroid dienone is 4. The Kier molecular flexibility index (Phi) is 9.42.